The summed E-state index contributed by atoms with van der Waals surface area (Å²) in [5, 5.41) is 2.70. The van der Waals surface area contributed by atoms with Crippen LogP contribution < -0.4 is 16.7 Å². The average molecular weight is 510 g/mol. The Morgan fingerprint density at radius 3 is 2.35 bits per heavy atom. The predicted molar refractivity (Wildman–Crippen MR) is 138 cm³/mol. The standard InChI is InChI=1S/C26H35N7O4/c1-17(16-37-2)24(34)31-9-11-32(12-10-31)25(35)28-22-7-8-33(26(36)29-22)19-5-3-18(4-6-19)13-30-14-20-21(15-30)23(20)27/h3-8,17,20-21,23H,9-16,27H2,1-2H3,(H,28,29,35,36)/t17-,20?,21?,23?/m0/s1. The molecule has 2 unspecified atom stereocenters. The van der Waals surface area contributed by atoms with Crippen LogP contribution in [0.3, 0.4) is 0 Å². The maximum atomic E-state index is 12.7. The largest absolute Gasteiger partial charge is 0.384 e. The second-order valence-corrected chi connectivity index (χ2v) is 10.3. The van der Waals surface area contributed by atoms with Crippen molar-refractivity contribution >= 4 is 17.8 Å². The molecule has 0 spiro atoms. The molecule has 11 nitrogen and oxygen atoms in total. The number of hydrogen-bond acceptors (Lipinski definition) is 7. The second-order valence-electron chi connectivity index (χ2n) is 10.3. The Labute approximate surface area is 216 Å². The predicted octanol–water partition coefficient (Wildman–Crippen LogP) is 0.580. The number of piperidine rings is 1. The van der Waals surface area contributed by atoms with Gasteiger partial charge in [0.05, 0.1) is 18.2 Å². The summed E-state index contributed by atoms with van der Waals surface area (Å²) in [4.78, 5) is 47.7. The zero-order valence-corrected chi connectivity index (χ0v) is 21.4. The lowest BCUT2D eigenvalue weighted by molar-refractivity contribution is -0.138. The number of nitrogens with two attached hydrogens (primary N) is 1. The molecule has 1 aromatic carbocycles. The number of carbonyl (C=O) groups is 2. The van der Waals surface area contributed by atoms with E-state index in [1.165, 1.54) is 10.1 Å². The third kappa shape index (κ3) is 5.53. The van der Waals surface area contributed by atoms with Crippen LogP contribution in [0.4, 0.5) is 10.6 Å². The minimum Gasteiger partial charge on any atom is -0.384 e. The van der Waals surface area contributed by atoms with E-state index in [4.69, 9.17) is 10.5 Å². The highest BCUT2D eigenvalue weighted by atomic mass is 16.5. The van der Waals surface area contributed by atoms with Crippen molar-refractivity contribution in [2.24, 2.45) is 23.5 Å². The molecule has 3 N–H and O–H groups in total. The van der Waals surface area contributed by atoms with Gasteiger partial charge in [-0.1, -0.05) is 19.1 Å². The Morgan fingerprint density at radius 2 is 1.73 bits per heavy atom. The molecule has 1 aliphatic carbocycles. The number of anilines is 1. The fraction of sp³-hybridized carbons (Fsp3) is 0.538. The van der Waals surface area contributed by atoms with Crippen LogP contribution in [0.25, 0.3) is 5.69 Å². The van der Waals surface area contributed by atoms with Gasteiger partial charge < -0.3 is 20.3 Å². The number of aromatic nitrogens is 2. The van der Waals surface area contributed by atoms with Crippen LogP contribution in [0.5, 0.6) is 0 Å². The molecule has 3 atom stereocenters. The van der Waals surface area contributed by atoms with Gasteiger partial charge in [0.1, 0.15) is 5.82 Å². The lowest BCUT2D eigenvalue weighted by atomic mass is 10.1. The summed E-state index contributed by atoms with van der Waals surface area (Å²) in [7, 11) is 1.57. The van der Waals surface area contributed by atoms with Crippen molar-refractivity contribution in [2.45, 2.75) is 19.5 Å². The number of piperazine rings is 1. The third-order valence-electron chi connectivity index (χ3n) is 7.71. The van der Waals surface area contributed by atoms with Crippen molar-refractivity contribution in [3.8, 4) is 5.69 Å². The number of nitrogens with zero attached hydrogens (tertiary/aromatic N) is 5. The lowest BCUT2D eigenvalue weighted by Gasteiger charge is -2.35. The van der Waals surface area contributed by atoms with Gasteiger partial charge in [-0.2, -0.15) is 4.98 Å². The quantitative estimate of drug-likeness (QED) is 0.559. The van der Waals surface area contributed by atoms with E-state index in [1.54, 1.807) is 29.2 Å². The van der Waals surface area contributed by atoms with Crippen LogP contribution in [-0.2, 0) is 16.1 Å². The first-order valence-electron chi connectivity index (χ1n) is 12.8. The molecule has 2 aromatic rings. The molecule has 1 saturated carbocycles. The van der Waals surface area contributed by atoms with Crippen molar-refractivity contribution in [1.29, 1.82) is 0 Å². The fourth-order valence-corrected chi connectivity index (χ4v) is 5.43. The number of ether oxygens (including phenoxy) is 1. The van der Waals surface area contributed by atoms with Crippen LogP contribution in [0.1, 0.15) is 12.5 Å². The van der Waals surface area contributed by atoms with E-state index in [2.05, 4.69) is 15.2 Å². The van der Waals surface area contributed by atoms with Gasteiger partial charge in [-0.15, -0.1) is 0 Å². The highest BCUT2D eigenvalue weighted by molar-refractivity contribution is 5.88. The summed E-state index contributed by atoms with van der Waals surface area (Å²) in [6, 6.07) is 9.54. The van der Waals surface area contributed by atoms with E-state index in [9.17, 15) is 14.4 Å². The number of fused-ring (bicyclic) bond motifs is 1. The molecule has 3 heterocycles. The number of likely N-dealkylation sites (tertiary alicyclic amines) is 1. The summed E-state index contributed by atoms with van der Waals surface area (Å²) in [6.45, 7) is 6.94. The molecular weight excluding hydrogens is 474 g/mol. The number of carbonyl (C=O) groups excluding carboxylic acids is 2. The Kier molecular flexibility index (Phi) is 7.27. The van der Waals surface area contributed by atoms with Gasteiger partial charge in [-0.25, -0.2) is 9.59 Å². The van der Waals surface area contributed by atoms with Gasteiger partial charge in [0.2, 0.25) is 5.91 Å². The van der Waals surface area contributed by atoms with Crippen LogP contribution >= 0.6 is 0 Å². The lowest BCUT2D eigenvalue weighted by Crippen LogP contribution is -2.53. The zero-order valence-electron chi connectivity index (χ0n) is 21.4. The highest BCUT2D eigenvalue weighted by Crippen LogP contribution is 2.44. The molecule has 2 saturated heterocycles. The number of hydrogen-bond donors (Lipinski definition) is 2. The van der Waals surface area contributed by atoms with Crippen molar-refractivity contribution < 1.29 is 14.3 Å². The smallest absolute Gasteiger partial charge is 0.354 e. The van der Waals surface area contributed by atoms with Crippen LogP contribution in [0.15, 0.2) is 41.3 Å². The van der Waals surface area contributed by atoms with Crippen molar-refractivity contribution in [2.75, 3.05) is 58.3 Å². The van der Waals surface area contributed by atoms with Gasteiger partial charge in [0.25, 0.3) is 0 Å². The maximum Gasteiger partial charge on any atom is 0.354 e. The van der Waals surface area contributed by atoms with Crippen molar-refractivity contribution in [3.63, 3.8) is 0 Å². The van der Waals surface area contributed by atoms with E-state index in [0.717, 1.165) is 19.6 Å². The molecule has 2 aliphatic heterocycles. The number of benzene rings is 1. The van der Waals surface area contributed by atoms with Gasteiger partial charge >= 0.3 is 11.7 Å². The first-order chi connectivity index (χ1) is 17.8. The molecule has 1 aromatic heterocycles. The summed E-state index contributed by atoms with van der Waals surface area (Å²) >= 11 is 0. The highest BCUT2D eigenvalue weighted by Gasteiger charge is 2.53. The summed E-state index contributed by atoms with van der Waals surface area (Å²) in [6.07, 6.45) is 1.61. The molecular formula is C26H35N7O4. The van der Waals surface area contributed by atoms with Gasteiger partial charge in [0.15, 0.2) is 0 Å². The van der Waals surface area contributed by atoms with Crippen molar-refractivity contribution in [1.82, 2.24) is 24.3 Å². The Morgan fingerprint density at radius 1 is 1.08 bits per heavy atom. The maximum absolute atomic E-state index is 12.7. The topological polar surface area (TPSA) is 126 Å². The number of rotatable bonds is 7. The van der Waals surface area contributed by atoms with E-state index in [-0.39, 0.29) is 23.7 Å². The molecule has 198 valence electrons. The molecule has 5 rings (SSSR count). The van der Waals surface area contributed by atoms with Gasteiger partial charge in [0, 0.05) is 65.2 Å². The molecule has 0 bridgehead atoms. The SMILES string of the molecule is COC[C@H](C)C(=O)N1CCN(C(=O)Nc2ccn(-c3ccc(CN4CC5C(N)C5C4)cc3)c(=O)n2)CC1. The number of urea groups is 1. The molecule has 3 amide bonds. The number of amides is 3. The molecule has 3 aliphatic rings. The van der Waals surface area contributed by atoms with Gasteiger partial charge in [-0.05, 0) is 35.6 Å². The Hall–Kier alpha value is -3.28. The first-order valence-corrected chi connectivity index (χ1v) is 12.8. The normalized spacial score (nSPS) is 24.0. The van der Waals surface area contributed by atoms with E-state index >= 15 is 0 Å². The van der Waals surface area contributed by atoms with Gasteiger partial charge in [-0.3, -0.25) is 19.6 Å². The molecule has 3 fully saturated rings. The molecule has 0 radical (unpaired) electrons. The monoisotopic (exact) mass is 509 g/mol. The van der Waals surface area contributed by atoms with E-state index < -0.39 is 5.69 Å². The van der Waals surface area contributed by atoms with Crippen LogP contribution in [0.2, 0.25) is 0 Å². The Bertz CT molecular complexity index is 1180. The average Bonchev–Trinajstić information content (AvgIpc) is 3.28. The fourth-order valence-electron chi connectivity index (χ4n) is 5.43. The van der Waals surface area contributed by atoms with E-state index in [0.29, 0.717) is 56.4 Å². The number of methoxy groups -OCH3 is 1. The number of nitrogens with one attached hydrogen (secondary N) is 1. The second kappa shape index (κ2) is 10.6. The summed E-state index contributed by atoms with van der Waals surface area (Å²) < 4.78 is 6.52. The van der Waals surface area contributed by atoms with Crippen molar-refractivity contribution in [3.05, 3.63) is 52.6 Å². The minimum atomic E-state index is -0.471. The zero-order chi connectivity index (χ0) is 26.1. The third-order valence-corrected chi connectivity index (χ3v) is 7.71. The first kappa shape index (κ1) is 25.4. The summed E-state index contributed by atoms with van der Waals surface area (Å²) in [5.74, 6) is 1.32. The van der Waals surface area contributed by atoms with E-state index in [1.807, 2.05) is 31.2 Å². The summed E-state index contributed by atoms with van der Waals surface area (Å²) in [5.41, 5.74) is 7.47. The molecule has 11 heteroatoms. The Balaban J connectivity index is 1.13. The van der Waals surface area contributed by atoms with Crippen LogP contribution in [0, 0.1) is 17.8 Å². The van der Waals surface area contributed by atoms with Crippen LogP contribution in [-0.4, -0.2) is 95.2 Å². The minimum absolute atomic E-state index is 0.0254. The molecule has 37 heavy (non-hydrogen) atoms.